The summed E-state index contributed by atoms with van der Waals surface area (Å²) < 4.78 is 51.7. The van der Waals surface area contributed by atoms with Gasteiger partial charge >= 0.3 is 6.18 Å². The van der Waals surface area contributed by atoms with Gasteiger partial charge in [-0.05, 0) is 46.2 Å². The summed E-state index contributed by atoms with van der Waals surface area (Å²) in [6.07, 6.45) is -3.01. The van der Waals surface area contributed by atoms with Crippen molar-refractivity contribution in [1.29, 1.82) is 0 Å². The molecule has 0 aromatic heterocycles. The lowest BCUT2D eigenvalue weighted by Gasteiger charge is -2.07. The molecule has 0 radical (unpaired) electrons. The molecule has 122 valence electrons. The molecule has 0 aliphatic carbocycles. The standard InChI is InChI=1S/C20H14F4/c21-19(12-14-6-9-18(10-7-14)20(22,23)24)13-15-5-8-16-3-1-2-4-17(16)11-15/h1-11,13H,12H2/b19-13-. The predicted octanol–water partition coefficient (Wildman–Crippen LogP) is 6.41. The summed E-state index contributed by atoms with van der Waals surface area (Å²) >= 11 is 0. The van der Waals surface area contributed by atoms with Gasteiger partial charge in [0.2, 0.25) is 0 Å². The Morgan fingerprint density at radius 1 is 0.833 bits per heavy atom. The second-order valence-electron chi connectivity index (χ2n) is 5.57. The van der Waals surface area contributed by atoms with E-state index in [1.165, 1.54) is 18.2 Å². The molecule has 24 heavy (non-hydrogen) atoms. The van der Waals surface area contributed by atoms with Crippen LogP contribution in [-0.4, -0.2) is 0 Å². The van der Waals surface area contributed by atoms with Crippen LogP contribution < -0.4 is 0 Å². The maximum atomic E-state index is 14.1. The highest BCUT2D eigenvalue weighted by Gasteiger charge is 2.29. The Kier molecular flexibility index (Phi) is 4.38. The summed E-state index contributed by atoms with van der Waals surface area (Å²) in [5, 5.41) is 2.08. The van der Waals surface area contributed by atoms with E-state index in [9.17, 15) is 17.6 Å². The van der Waals surface area contributed by atoms with Crippen LogP contribution in [-0.2, 0) is 12.6 Å². The van der Waals surface area contributed by atoms with Gasteiger partial charge in [0, 0.05) is 6.42 Å². The third-order valence-corrected chi connectivity index (χ3v) is 3.75. The molecule has 0 nitrogen and oxygen atoms in total. The minimum Gasteiger partial charge on any atom is -0.211 e. The Hall–Kier alpha value is -2.62. The van der Waals surface area contributed by atoms with E-state index >= 15 is 0 Å². The number of hydrogen-bond donors (Lipinski definition) is 0. The average molecular weight is 330 g/mol. The van der Waals surface area contributed by atoms with Crippen LogP contribution in [0.2, 0.25) is 0 Å². The molecular formula is C20H14F4. The molecule has 4 heteroatoms. The zero-order valence-corrected chi connectivity index (χ0v) is 12.6. The highest BCUT2D eigenvalue weighted by Crippen LogP contribution is 2.29. The molecule has 0 atom stereocenters. The van der Waals surface area contributed by atoms with Crippen LogP contribution in [0.25, 0.3) is 16.8 Å². The van der Waals surface area contributed by atoms with Gasteiger partial charge in [0.15, 0.2) is 0 Å². The molecule has 3 aromatic rings. The molecule has 0 heterocycles. The Morgan fingerprint density at radius 3 is 2.17 bits per heavy atom. The van der Waals surface area contributed by atoms with E-state index in [-0.39, 0.29) is 6.42 Å². The largest absolute Gasteiger partial charge is 0.416 e. The van der Waals surface area contributed by atoms with Gasteiger partial charge in [-0.15, -0.1) is 0 Å². The summed E-state index contributed by atoms with van der Waals surface area (Å²) in [5.74, 6) is -0.398. The Bertz CT molecular complexity index is 874. The number of hydrogen-bond acceptors (Lipinski definition) is 0. The van der Waals surface area contributed by atoms with Crippen molar-refractivity contribution in [3.8, 4) is 0 Å². The number of halogens is 4. The van der Waals surface area contributed by atoms with Crippen molar-refractivity contribution in [3.05, 3.63) is 89.2 Å². The van der Waals surface area contributed by atoms with Crippen LogP contribution in [0.3, 0.4) is 0 Å². The molecule has 0 fully saturated rings. The molecule has 0 aliphatic rings. The first-order valence-corrected chi connectivity index (χ1v) is 7.43. The monoisotopic (exact) mass is 330 g/mol. The second kappa shape index (κ2) is 6.48. The van der Waals surface area contributed by atoms with Crippen LogP contribution in [0.4, 0.5) is 17.6 Å². The number of allylic oxidation sites excluding steroid dienone is 1. The minimum atomic E-state index is -4.38. The van der Waals surface area contributed by atoms with E-state index in [1.807, 2.05) is 42.5 Å². The smallest absolute Gasteiger partial charge is 0.211 e. The van der Waals surface area contributed by atoms with Crippen molar-refractivity contribution >= 4 is 16.8 Å². The second-order valence-corrected chi connectivity index (χ2v) is 5.57. The van der Waals surface area contributed by atoms with Crippen molar-refractivity contribution < 1.29 is 17.6 Å². The van der Waals surface area contributed by atoms with E-state index in [4.69, 9.17) is 0 Å². The zero-order chi connectivity index (χ0) is 17.2. The van der Waals surface area contributed by atoms with E-state index in [0.717, 1.165) is 28.5 Å². The molecule has 0 bridgehead atoms. The number of rotatable bonds is 3. The van der Waals surface area contributed by atoms with E-state index in [2.05, 4.69) is 0 Å². The third kappa shape index (κ3) is 3.82. The van der Waals surface area contributed by atoms with Gasteiger partial charge in [-0.25, -0.2) is 4.39 Å². The Morgan fingerprint density at radius 2 is 1.50 bits per heavy atom. The number of fused-ring (bicyclic) bond motifs is 1. The maximum Gasteiger partial charge on any atom is 0.416 e. The third-order valence-electron chi connectivity index (χ3n) is 3.75. The highest BCUT2D eigenvalue weighted by molar-refractivity contribution is 5.84. The Labute approximate surface area is 137 Å². The molecule has 0 aliphatic heterocycles. The van der Waals surface area contributed by atoms with Gasteiger partial charge in [0.05, 0.1) is 5.56 Å². The van der Waals surface area contributed by atoms with Gasteiger partial charge in [0.1, 0.15) is 5.83 Å². The predicted molar refractivity (Wildman–Crippen MR) is 88.2 cm³/mol. The molecule has 0 saturated heterocycles. The molecule has 0 amide bonds. The van der Waals surface area contributed by atoms with Crippen molar-refractivity contribution in [2.45, 2.75) is 12.6 Å². The fourth-order valence-corrected chi connectivity index (χ4v) is 2.54. The lowest BCUT2D eigenvalue weighted by molar-refractivity contribution is -0.137. The summed E-state index contributed by atoms with van der Waals surface area (Å²) in [6, 6.07) is 17.9. The fraction of sp³-hybridized carbons (Fsp3) is 0.100. The zero-order valence-electron chi connectivity index (χ0n) is 12.6. The maximum absolute atomic E-state index is 14.1. The molecule has 0 N–H and O–H groups in total. The van der Waals surface area contributed by atoms with Gasteiger partial charge in [0.25, 0.3) is 0 Å². The molecular weight excluding hydrogens is 316 g/mol. The topological polar surface area (TPSA) is 0 Å². The van der Waals surface area contributed by atoms with E-state index in [0.29, 0.717) is 5.56 Å². The summed E-state index contributed by atoms with van der Waals surface area (Å²) in [6.45, 7) is 0. The van der Waals surface area contributed by atoms with Crippen molar-refractivity contribution in [2.75, 3.05) is 0 Å². The summed E-state index contributed by atoms with van der Waals surface area (Å²) in [7, 11) is 0. The Balaban J connectivity index is 1.77. The molecule has 0 saturated carbocycles. The van der Waals surface area contributed by atoms with Gasteiger partial charge in [-0.3, -0.25) is 0 Å². The summed E-state index contributed by atoms with van der Waals surface area (Å²) in [4.78, 5) is 0. The van der Waals surface area contributed by atoms with E-state index in [1.54, 1.807) is 0 Å². The summed E-state index contributed by atoms with van der Waals surface area (Å²) in [5.41, 5.74) is 0.487. The van der Waals surface area contributed by atoms with Crippen LogP contribution in [0, 0.1) is 0 Å². The molecule has 0 unspecified atom stereocenters. The number of alkyl halides is 3. The van der Waals surface area contributed by atoms with Crippen molar-refractivity contribution in [1.82, 2.24) is 0 Å². The molecule has 3 rings (SSSR count). The normalized spacial score (nSPS) is 12.6. The van der Waals surface area contributed by atoms with Crippen molar-refractivity contribution in [2.24, 2.45) is 0 Å². The quantitative estimate of drug-likeness (QED) is 0.487. The van der Waals surface area contributed by atoms with Gasteiger partial charge in [-0.1, -0.05) is 48.5 Å². The lowest BCUT2D eigenvalue weighted by Crippen LogP contribution is -2.04. The van der Waals surface area contributed by atoms with Crippen LogP contribution >= 0.6 is 0 Å². The van der Waals surface area contributed by atoms with Gasteiger partial charge in [-0.2, -0.15) is 13.2 Å². The van der Waals surface area contributed by atoms with Crippen LogP contribution in [0.15, 0.2) is 72.6 Å². The number of benzene rings is 3. The first kappa shape index (κ1) is 16.2. The fourth-order valence-electron chi connectivity index (χ4n) is 2.54. The molecule has 0 spiro atoms. The molecule has 3 aromatic carbocycles. The lowest BCUT2D eigenvalue weighted by atomic mass is 10.0. The van der Waals surface area contributed by atoms with Crippen LogP contribution in [0.1, 0.15) is 16.7 Å². The minimum absolute atomic E-state index is 0.0367. The van der Waals surface area contributed by atoms with Crippen LogP contribution in [0.5, 0.6) is 0 Å². The SMILES string of the molecule is F/C(=C\c1ccc2ccccc2c1)Cc1ccc(C(F)(F)F)cc1. The van der Waals surface area contributed by atoms with Gasteiger partial charge < -0.3 is 0 Å². The average Bonchev–Trinajstić information content (AvgIpc) is 2.54. The highest BCUT2D eigenvalue weighted by atomic mass is 19.4. The van der Waals surface area contributed by atoms with E-state index < -0.39 is 17.6 Å². The first-order valence-electron chi connectivity index (χ1n) is 7.43. The first-order chi connectivity index (χ1) is 11.4. The van der Waals surface area contributed by atoms with Crippen molar-refractivity contribution in [3.63, 3.8) is 0 Å².